The Balaban J connectivity index is 1.69. The topological polar surface area (TPSA) is 38.0 Å². The van der Waals surface area contributed by atoms with Gasteiger partial charge in [-0.3, -0.25) is 0 Å². The molecule has 3 heteroatoms. The van der Waals surface area contributed by atoms with Gasteiger partial charge in [-0.1, -0.05) is 0 Å². The molecule has 1 aromatic heterocycles. The largest absolute Gasteiger partial charge is 0.315 e. The summed E-state index contributed by atoms with van der Waals surface area (Å²) in [6.45, 7) is 2.27. The van der Waals surface area contributed by atoms with Crippen molar-refractivity contribution in [1.29, 1.82) is 0 Å². The van der Waals surface area contributed by atoms with Crippen LogP contribution in [0.2, 0.25) is 0 Å². The van der Waals surface area contributed by atoms with E-state index in [0.29, 0.717) is 0 Å². The average molecular weight is 262 g/mol. The number of hydrazine groups is 1. The van der Waals surface area contributed by atoms with E-state index in [0.717, 1.165) is 34.6 Å². The average Bonchev–Trinajstić information content (AvgIpc) is 2.69. The molecule has 4 bridgehead atoms. The second-order valence-electron chi connectivity index (χ2n) is 6.72. The van der Waals surface area contributed by atoms with Crippen LogP contribution < -0.4 is 11.3 Å². The number of anilines is 1. The molecule has 0 atom stereocenters. The van der Waals surface area contributed by atoms with E-state index in [1.165, 1.54) is 37.0 Å². The molecule has 98 valence electrons. The highest BCUT2D eigenvalue weighted by Gasteiger charge is 2.49. The number of hydrogen-bond acceptors (Lipinski definition) is 3. The highest BCUT2D eigenvalue weighted by molar-refractivity contribution is 7.16. The first kappa shape index (κ1) is 11.3. The zero-order valence-corrected chi connectivity index (χ0v) is 11.8. The SMILES string of the molecule is Cc1sc(NN)cc1C1C2CC3CC(C2)CC1C3. The molecule has 4 aliphatic carbocycles. The fraction of sp³-hybridized carbons (Fsp3) is 0.733. The summed E-state index contributed by atoms with van der Waals surface area (Å²) < 4.78 is 0. The van der Waals surface area contributed by atoms with Crippen LogP contribution in [-0.2, 0) is 0 Å². The molecule has 1 aromatic rings. The molecule has 4 saturated carbocycles. The lowest BCUT2D eigenvalue weighted by atomic mass is 9.51. The van der Waals surface area contributed by atoms with Gasteiger partial charge in [0.15, 0.2) is 0 Å². The van der Waals surface area contributed by atoms with E-state index in [4.69, 9.17) is 5.84 Å². The molecule has 0 aliphatic heterocycles. The summed E-state index contributed by atoms with van der Waals surface area (Å²) in [6.07, 6.45) is 7.53. The quantitative estimate of drug-likeness (QED) is 0.627. The molecule has 2 nitrogen and oxygen atoms in total. The zero-order valence-electron chi connectivity index (χ0n) is 11.0. The van der Waals surface area contributed by atoms with Crippen molar-refractivity contribution in [1.82, 2.24) is 0 Å². The maximum absolute atomic E-state index is 5.57. The van der Waals surface area contributed by atoms with Gasteiger partial charge in [0.1, 0.15) is 5.00 Å². The second kappa shape index (κ2) is 3.97. The van der Waals surface area contributed by atoms with Crippen molar-refractivity contribution >= 4 is 16.3 Å². The number of aryl methyl sites for hydroxylation is 1. The Morgan fingerprint density at radius 1 is 1.11 bits per heavy atom. The first-order valence-corrected chi connectivity index (χ1v) is 8.13. The molecular formula is C15H22N2S. The summed E-state index contributed by atoms with van der Waals surface area (Å²) in [5.74, 6) is 10.5. The monoisotopic (exact) mass is 262 g/mol. The standard InChI is InChI=1S/C15H22N2S/c1-8-13(7-14(17-16)18-8)15-11-3-9-2-10(5-11)6-12(15)4-9/h7,9-12,15,17H,2-6,16H2,1H3. The van der Waals surface area contributed by atoms with Gasteiger partial charge in [0.05, 0.1) is 0 Å². The third-order valence-electron chi connectivity index (χ3n) is 5.68. The molecule has 18 heavy (non-hydrogen) atoms. The minimum Gasteiger partial charge on any atom is -0.315 e. The molecule has 5 rings (SSSR count). The van der Waals surface area contributed by atoms with E-state index in [2.05, 4.69) is 18.4 Å². The molecule has 3 N–H and O–H groups in total. The predicted molar refractivity (Wildman–Crippen MR) is 76.7 cm³/mol. The Morgan fingerprint density at radius 3 is 2.22 bits per heavy atom. The fourth-order valence-electron chi connectivity index (χ4n) is 5.33. The number of thiophene rings is 1. The summed E-state index contributed by atoms with van der Waals surface area (Å²) in [4.78, 5) is 1.49. The first-order valence-electron chi connectivity index (χ1n) is 7.31. The van der Waals surface area contributed by atoms with Gasteiger partial charge in [-0.15, -0.1) is 11.3 Å². The van der Waals surface area contributed by atoms with Gasteiger partial charge in [0.25, 0.3) is 0 Å². The predicted octanol–water partition coefficient (Wildman–Crippen LogP) is 3.88. The maximum atomic E-state index is 5.57. The Bertz CT molecular complexity index is 437. The number of hydrogen-bond donors (Lipinski definition) is 2. The Morgan fingerprint density at radius 2 is 1.72 bits per heavy atom. The Kier molecular flexibility index (Phi) is 2.50. The molecule has 0 amide bonds. The summed E-state index contributed by atoms with van der Waals surface area (Å²) in [5.41, 5.74) is 4.44. The normalized spacial score (nSPS) is 41.3. The van der Waals surface area contributed by atoms with Gasteiger partial charge in [0.2, 0.25) is 0 Å². The van der Waals surface area contributed by atoms with Gasteiger partial charge >= 0.3 is 0 Å². The molecule has 0 aromatic carbocycles. The number of rotatable bonds is 2. The minimum atomic E-state index is 0.844. The fourth-order valence-corrected chi connectivity index (χ4v) is 6.22. The lowest BCUT2D eigenvalue weighted by molar-refractivity contribution is -0.00281. The summed E-state index contributed by atoms with van der Waals surface area (Å²) in [6, 6.07) is 2.33. The van der Waals surface area contributed by atoms with Crippen LogP contribution in [0.5, 0.6) is 0 Å². The second-order valence-corrected chi connectivity index (χ2v) is 7.98. The summed E-state index contributed by atoms with van der Waals surface area (Å²) in [5, 5.41) is 1.14. The molecule has 0 unspecified atom stereocenters. The van der Waals surface area contributed by atoms with Crippen LogP contribution in [0.1, 0.15) is 48.5 Å². The first-order chi connectivity index (χ1) is 8.74. The van der Waals surface area contributed by atoms with Crippen LogP contribution in [-0.4, -0.2) is 0 Å². The number of nitrogen functional groups attached to an aromatic ring is 1. The minimum absolute atomic E-state index is 0.844. The van der Waals surface area contributed by atoms with Gasteiger partial charge in [-0.05, 0) is 80.2 Å². The van der Waals surface area contributed by atoms with Crippen LogP contribution in [0, 0.1) is 30.6 Å². The van der Waals surface area contributed by atoms with Crippen molar-refractivity contribution in [3.63, 3.8) is 0 Å². The zero-order chi connectivity index (χ0) is 12.3. The van der Waals surface area contributed by atoms with Crippen molar-refractivity contribution in [2.45, 2.75) is 44.9 Å². The third-order valence-corrected chi connectivity index (χ3v) is 6.68. The van der Waals surface area contributed by atoms with E-state index < -0.39 is 0 Å². The van der Waals surface area contributed by atoms with E-state index in [9.17, 15) is 0 Å². The third kappa shape index (κ3) is 1.56. The molecule has 4 aliphatic rings. The summed E-state index contributed by atoms with van der Waals surface area (Å²) in [7, 11) is 0. The van der Waals surface area contributed by atoms with E-state index in [-0.39, 0.29) is 0 Å². The van der Waals surface area contributed by atoms with E-state index in [1.54, 1.807) is 5.56 Å². The molecule has 0 spiro atoms. The van der Waals surface area contributed by atoms with Crippen molar-refractivity contribution in [3.8, 4) is 0 Å². The molecular weight excluding hydrogens is 240 g/mol. The van der Waals surface area contributed by atoms with Crippen molar-refractivity contribution < 1.29 is 0 Å². The van der Waals surface area contributed by atoms with Gasteiger partial charge in [0, 0.05) is 4.88 Å². The van der Waals surface area contributed by atoms with E-state index in [1.807, 2.05) is 11.3 Å². The molecule has 4 fully saturated rings. The Hall–Kier alpha value is -0.540. The highest BCUT2D eigenvalue weighted by atomic mass is 32.1. The highest BCUT2D eigenvalue weighted by Crippen LogP contribution is 2.60. The Labute approximate surface area is 113 Å². The van der Waals surface area contributed by atoms with Crippen LogP contribution in [0.4, 0.5) is 5.00 Å². The summed E-state index contributed by atoms with van der Waals surface area (Å²) >= 11 is 1.82. The van der Waals surface area contributed by atoms with Crippen LogP contribution in [0.15, 0.2) is 6.07 Å². The number of nitrogens with two attached hydrogens (primary N) is 1. The number of nitrogens with one attached hydrogen (secondary N) is 1. The van der Waals surface area contributed by atoms with Crippen LogP contribution >= 0.6 is 11.3 Å². The van der Waals surface area contributed by atoms with Crippen molar-refractivity contribution in [2.24, 2.45) is 29.5 Å². The van der Waals surface area contributed by atoms with Gasteiger partial charge in [-0.25, -0.2) is 5.84 Å². The molecule has 0 saturated heterocycles. The molecule has 0 radical (unpaired) electrons. The van der Waals surface area contributed by atoms with Crippen LogP contribution in [0.25, 0.3) is 0 Å². The lowest BCUT2D eigenvalue weighted by Gasteiger charge is -2.54. The van der Waals surface area contributed by atoms with Crippen LogP contribution in [0.3, 0.4) is 0 Å². The van der Waals surface area contributed by atoms with E-state index >= 15 is 0 Å². The maximum Gasteiger partial charge on any atom is 0.103 e. The molecule has 1 heterocycles. The smallest absolute Gasteiger partial charge is 0.103 e. The van der Waals surface area contributed by atoms with Crippen molar-refractivity contribution in [3.05, 3.63) is 16.5 Å². The van der Waals surface area contributed by atoms with Crippen molar-refractivity contribution in [2.75, 3.05) is 5.43 Å². The van der Waals surface area contributed by atoms with Gasteiger partial charge in [-0.2, -0.15) is 0 Å². The lowest BCUT2D eigenvalue weighted by Crippen LogP contribution is -2.43. The van der Waals surface area contributed by atoms with Gasteiger partial charge < -0.3 is 5.43 Å².